The molecule has 1 aliphatic rings. The molecule has 5 heteroatoms. The van der Waals surface area contributed by atoms with Crippen LogP contribution in [0.4, 0.5) is 5.69 Å². The topological polar surface area (TPSA) is 66.4 Å². The van der Waals surface area contributed by atoms with Crippen molar-refractivity contribution in [3.05, 3.63) is 64.1 Å². The van der Waals surface area contributed by atoms with Gasteiger partial charge in [-0.25, -0.2) is 0 Å². The van der Waals surface area contributed by atoms with Crippen molar-refractivity contribution in [3.63, 3.8) is 0 Å². The van der Waals surface area contributed by atoms with Crippen molar-refractivity contribution >= 4 is 33.5 Å². The number of halogens is 1. The van der Waals surface area contributed by atoms with Crippen LogP contribution in [0.3, 0.4) is 0 Å². The van der Waals surface area contributed by atoms with Gasteiger partial charge in [0, 0.05) is 16.6 Å². The van der Waals surface area contributed by atoms with Crippen LogP contribution in [0.2, 0.25) is 0 Å². The van der Waals surface area contributed by atoms with Crippen molar-refractivity contribution in [1.29, 1.82) is 0 Å². The number of hydrogen-bond acceptors (Lipinski definition) is 2. The van der Waals surface area contributed by atoms with Gasteiger partial charge in [0.15, 0.2) is 0 Å². The third-order valence-electron chi connectivity index (χ3n) is 4.39. The first-order valence-corrected chi connectivity index (χ1v) is 8.67. The van der Waals surface area contributed by atoms with E-state index in [-0.39, 0.29) is 12.3 Å². The molecule has 1 aliphatic carbocycles. The first kappa shape index (κ1) is 16.7. The number of aryl methyl sites for hydroxylation is 1. The summed E-state index contributed by atoms with van der Waals surface area (Å²) in [6.45, 7) is 0. The number of carboxylic acids is 1. The lowest BCUT2D eigenvalue weighted by molar-refractivity contribution is -0.137. The van der Waals surface area contributed by atoms with Crippen LogP contribution >= 0.6 is 15.9 Å². The van der Waals surface area contributed by atoms with Gasteiger partial charge in [0.25, 0.3) is 0 Å². The molecule has 2 N–H and O–H groups in total. The van der Waals surface area contributed by atoms with E-state index in [1.165, 1.54) is 0 Å². The standard InChI is InChI=1S/C19H18BrNO3/c20-15-7-5-14(6-8-15)19(10-11-19)18(24)21-16-3-1-2-13(12-16)4-9-17(22)23/h1-3,5-8,12H,4,9-11H2,(H,21,24)(H,22,23). The molecule has 0 spiro atoms. The molecule has 0 bridgehead atoms. The van der Waals surface area contributed by atoms with Gasteiger partial charge in [0.05, 0.1) is 5.41 Å². The smallest absolute Gasteiger partial charge is 0.303 e. The summed E-state index contributed by atoms with van der Waals surface area (Å²) < 4.78 is 0.994. The highest BCUT2D eigenvalue weighted by atomic mass is 79.9. The van der Waals surface area contributed by atoms with Crippen molar-refractivity contribution in [1.82, 2.24) is 0 Å². The van der Waals surface area contributed by atoms with Crippen LogP contribution in [0.25, 0.3) is 0 Å². The minimum Gasteiger partial charge on any atom is -0.481 e. The van der Waals surface area contributed by atoms with Crippen LogP contribution in [0, 0.1) is 0 Å². The Morgan fingerprint density at radius 1 is 1.12 bits per heavy atom. The predicted octanol–water partition coefficient (Wildman–Crippen LogP) is 4.14. The van der Waals surface area contributed by atoms with Crippen LogP contribution in [-0.4, -0.2) is 17.0 Å². The summed E-state index contributed by atoms with van der Waals surface area (Å²) in [5.41, 5.74) is 2.22. The summed E-state index contributed by atoms with van der Waals surface area (Å²) >= 11 is 3.41. The van der Waals surface area contributed by atoms with Gasteiger partial charge in [0.2, 0.25) is 5.91 Å². The number of nitrogens with one attached hydrogen (secondary N) is 1. The summed E-state index contributed by atoms with van der Waals surface area (Å²) in [5.74, 6) is -0.822. The maximum atomic E-state index is 12.7. The van der Waals surface area contributed by atoms with E-state index in [1.807, 2.05) is 48.5 Å². The fourth-order valence-corrected chi connectivity index (χ4v) is 3.11. The number of aliphatic carboxylic acids is 1. The molecular weight excluding hydrogens is 370 g/mol. The Morgan fingerprint density at radius 3 is 2.46 bits per heavy atom. The zero-order valence-corrected chi connectivity index (χ0v) is 14.7. The molecular formula is C19H18BrNO3. The second-order valence-corrected chi connectivity index (χ2v) is 7.05. The lowest BCUT2D eigenvalue weighted by Crippen LogP contribution is -2.27. The van der Waals surface area contributed by atoms with E-state index in [0.29, 0.717) is 12.1 Å². The molecule has 0 aliphatic heterocycles. The Hall–Kier alpha value is -2.14. The molecule has 2 aromatic carbocycles. The number of hydrogen-bond donors (Lipinski definition) is 2. The molecule has 0 saturated heterocycles. The number of anilines is 1. The number of carboxylic acid groups (broad SMARTS) is 1. The van der Waals surface area contributed by atoms with Gasteiger partial charge < -0.3 is 10.4 Å². The van der Waals surface area contributed by atoms with Crippen molar-refractivity contribution in [2.75, 3.05) is 5.32 Å². The summed E-state index contributed by atoms with van der Waals surface area (Å²) in [4.78, 5) is 23.4. The fourth-order valence-electron chi connectivity index (χ4n) is 2.85. The Balaban J connectivity index is 1.72. The van der Waals surface area contributed by atoms with E-state index in [2.05, 4.69) is 21.2 Å². The van der Waals surface area contributed by atoms with Gasteiger partial charge in [0.1, 0.15) is 0 Å². The van der Waals surface area contributed by atoms with Crippen LogP contribution in [0.15, 0.2) is 53.0 Å². The number of carbonyl (C=O) groups excluding carboxylic acids is 1. The zero-order chi connectivity index (χ0) is 17.2. The van der Waals surface area contributed by atoms with E-state index >= 15 is 0 Å². The number of rotatable bonds is 6. The van der Waals surface area contributed by atoms with Gasteiger partial charge >= 0.3 is 5.97 Å². The molecule has 0 unspecified atom stereocenters. The summed E-state index contributed by atoms with van der Waals surface area (Å²) in [5, 5.41) is 11.8. The average Bonchev–Trinajstić information content (AvgIpc) is 3.36. The van der Waals surface area contributed by atoms with Crippen LogP contribution in [-0.2, 0) is 21.4 Å². The molecule has 1 fully saturated rings. The molecule has 24 heavy (non-hydrogen) atoms. The SMILES string of the molecule is O=C(O)CCc1cccc(NC(=O)C2(c3ccc(Br)cc3)CC2)c1. The molecule has 0 radical (unpaired) electrons. The minimum absolute atomic E-state index is 0.000192. The lowest BCUT2D eigenvalue weighted by Gasteiger charge is -2.16. The fraction of sp³-hybridized carbons (Fsp3) is 0.263. The summed E-state index contributed by atoms with van der Waals surface area (Å²) in [6.07, 6.45) is 2.23. The first-order chi connectivity index (χ1) is 11.5. The zero-order valence-electron chi connectivity index (χ0n) is 13.1. The Kier molecular flexibility index (Phi) is 4.71. The molecule has 1 amide bonds. The van der Waals surface area contributed by atoms with Gasteiger partial charge in [-0.15, -0.1) is 0 Å². The van der Waals surface area contributed by atoms with E-state index < -0.39 is 11.4 Å². The summed E-state index contributed by atoms with van der Waals surface area (Å²) in [6, 6.07) is 15.3. The monoisotopic (exact) mass is 387 g/mol. The molecule has 1 saturated carbocycles. The van der Waals surface area contributed by atoms with Crippen LogP contribution in [0.1, 0.15) is 30.4 Å². The van der Waals surface area contributed by atoms with E-state index in [0.717, 1.165) is 28.4 Å². The van der Waals surface area contributed by atoms with E-state index in [1.54, 1.807) is 0 Å². The van der Waals surface area contributed by atoms with E-state index in [9.17, 15) is 9.59 Å². The predicted molar refractivity (Wildman–Crippen MR) is 96.1 cm³/mol. The Labute approximate surface area is 149 Å². The van der Waals surface area contributed by atoms with Gasteiger partial charge in [-0.05, 0) is 54.7 Å². The molecule has 0 heterocycles. The highest BCUT2D eigenvalue weighted by molar-refractivity contribution is 9.10. The molecule has 124 valence electrons. The molecule has 3 rings (SSSR count). The summed E-state index contributed by atoms with van der Waals surface area (Å²) in [7, 11) is 0. The van der Waals surface area contributed by atoms with Gasteiger partial charge in [-0.1, -0.05) is 40.2 Å². The highest BCUT2D eigenvalue weighted by Gasteiger charge is 2.51. The van der Waals surface area contributed by atoms with Crippen LogP contribution in [0.5, 0.6) is 0 Å². The highest BCUT2D eigenvalue weighted by Crippen LogP contribution is 2.49. The molecule has 0 atom stereocenters. The normalized spacial score (nSPS) is 14.9. The third kappa shape index (κ3) is 3.67. The lowest BCUT2D eigenvalue weighted by atomic mass is 9.95. The molecule has 4 nitrogen and oxygen atoms in total. The Bertz CT molecular complexity index is 766. The van der Waals surface area contributed by atoms with Crippen molar-refractivity contribution in [2.24, 2.45) is 0 Å². The van der Waals surface area contributed by atoms with Crippen LogP contribution < -0.4 is 5.32 Å². The average molecular weight is 388 g/mol. The number of amides is 1. The first-order valence-electron chi connectivity index (χ1n) is 7.88. The second kappa shape index (κ2) is 6.77. The largest absolute Gasteiger partial charge is 0.481 e. The third-order valence-corrected chi connectivity index (χ3v) is 4.92. The number of carbonyl (C=O) groups is 2. The van der Waals surface area contributed by atoms with Crippen molar-refractivity contribution in [3.8, 4) is 0 Å². The quantitative estimate of drug-likeness (QED) is 0.782. The van der Waals surface area contributed by atoms with Gasteiger partial charge in [-0.2, -0.15) is 0 Å². The van der Waals surface area contributed by atoms with Gasteiger partial charge in [-0.3, -0.25) is 9.59 Å². The maximum Gasteiger partial charge on any atom is 0.303 e. The number of benzene rings is 2. The van der Waals surface area contributed by atoms with Crippen molar-refractivity contribution < 1.29 is 14.7 Å². The maximum absolute atomic E-state index is 12.7. The van der Waals surface area contributed by atoms with E-state index in [4.69, 9.17) is 5.11 Å². The molecule has 2 aromatic rings. The molecule has 0 aromatic heterocycles. The second-order valence-electron chi connectivity index (χ2n) is 6.14. The van der Waals surface area contributed by atoms with Crippen molar-refractivity contribution in [2.45, 2.75) is 31.1 Å². The minimum atomic E-state index is -0.823. The Morgan fingerprint density at radius 2 is 1.83 bits per heavy atom.